The highest BCUT2D eigenvalue weighted by Gasteiger charge is 2.27. The molecule has 2 N–H and O–H groups in total. The van der Waals surface area contributed by atoms with Gasteiger partial charge in [0.1, 0.15) is 0 Å². The van der Waals surface area contributed by atoms with Gasteiger partial charge in [0.15, 0.2) is 4.99 Å². The fraction of sp³-hybridized carbons (Fsp3) is 0.750. The smallest absolute Gasteiger partial charge is 0.278 e. The van der Waals surface area contributed by atoms with Gasteiger partial charge in [-0.3, -0.25) is 4.79 Å². The van der Waals surface area contributed by atoms with Crippen LogP contribution in [-0.4, -0.2) is 23.0 Å². The molecule has 3 nitrogen and oxygen atoms in total. The van der Waals surface area contributed by atoms with E-state index in [1.165, 1.54) is 0 Å². The fourth-order valence-electron chi connectivity index (χ4n) is 0.957. The van der Waals surface area contributed by atoms with E-state index in [0.29, 0.717) is 17.1 Å². The molecule has 0 unspecified atom stereocenters. The molecule has 1 amide bonds. The summed E-state index contributed by atoms with van der Waals surface area (Å²) in [4.78, 5) is 11.6. The molecule has 4 heteroatoms. The first-order valence-electron chi connectivity index (χ1n) is 4.37. The van der Waals surface area contributed by atoms with Gasteiger partial charge in [0.05, 0.1) is 0 Å². The van der Waals surface area contributed by atoms with Crippen molar-refractivity contribution in [1.82, 2.24) is 10.6 Å². The lowest BCUT2D eigenvalue weighted by atomic mass is 10.5. The largest absolute Gasteiger partial charge is 0.369 e. The molecule has 2 aliphatic rings. The Bertz CT molecular complexity index is 197. The lowest BCUT2D eigenvalue weighted by Crippen LogP contribution is -2.40. The van der Waals surface area contributed by atoms with E-state index in [0.717, 1.165) is 25.7 Å². The Balaban J connectivity index is 1.72. The van der Waals surface area contributed by atoms with Crippen LogP contribution < -0.4 is 10.6 Å². The van der Waals surface area contributed by atoms with Crippen molar-refractivity contribution in [1.29, 1.82) is 0 Å². The van der Waals surface area contributed by atoms with Crippen molar-refractivity contribution < 1.29 is 4.79 Å². The van der Waals surface area contributed by atoms with Gasteiger partial charge in [-0.2, -0.15) is 0 Å². The van der Waals surface area contributed by atoms with E-state index in [1.807, 2.05) is 0 Å². The van der Waals surface area contributed by atoms with Crippen LogP contribution in [0.2, 0.25) is 0 Å². The Morgan fingerprint density at radius 2 is 1.58 bits per heavy atom. The number of amides is 1. The van der Waals surface area contributed by atoms with E-state index in [-0.39, 0.29) is 5.91 Å². The van der Waals surface area contributed by atoms with Crippen LogP contribution in [0.5, 0.6) is 0 Å². The minimum absolute atomic E-state index is 0.0978. The van der Waals surface area contributed by atoms with Crippen molar-refractivity contribution in [3.63, 3.8) is 0 Å². The predicted octanol–water partition coefficient (Wildman–Crippen LogP) is 0.344. The van der Waals surface area contributed by atoms with Crippen LogP contribution in [0, 0.1) is 0 Å². The Hall–Kier alpha value is -0.640. The number of thiocarbonyl (C=S) groups is 1. The molecule has 2 aliphatic carbocycles. The average Bonchev–Trinajstić information content (AvgIpc) is 2.79. The molecule has 2 fully saturated rings. The molecule has 66 valence electrons. The maximum atomic E-state index is 11.2. The molecular weight excluding hydrogens is 172 g/mol. The van der Waals surface area contributed by atoms with Crippen molar-refractivity contribution in [3.8, 4) is 0 Å². The van der Waals surface area contributed by atoms with E-state index in [4.69, 9.17) is 12.2 Å². The third kappa shape index (κ3) is 2.17. The number of rotatable bonds is 2. The third-order valence-electron chi connectivity index (χ3n) is 2.03. The van der Waals surface area contributed by atoms with Crippen LogP contribution >= 0.6 is 12.2 Å². The predicted molar refractivity (Wildman–Crippen MR) is 49.9 cm³/mol. The topological polar surface area (TPSA) is 41.1 Å². The number of hydrogen-bond acceptors (Lipinski definition) is 2. The van der Waals surface area contributed by atoms with Crippen LogP contribution in [0.1, 0.15) is 25.7 Å². The van der Waals surface area contributed by atoms with E-state index in [9.17, 15) is 4.79 Å². The highest BCUT2D eigenvalue weighted by atomic mass is 32.1. The molecule has 12 heavy (non-hydrogen) atoms. The van der Waals surface area contributed by atoms with E-state index >= 15 is 0 Å². The maximum absolute atomic E-state index is 11.2. The lowest BCUT2D eigenvalue weighted by molar-refractivity contribution is -0.114. The summed E-state index contributed by atoms with van der Waals surface area (Å²) in [5.41, 5.74) is 0. The van der Waals surface area contributed by atoms with Gasteiger partial charge in [-0.05, 0) is 25.7 Å². The van der Waals surface area contributed by atoms with Crippen molar-refractivity contribution >= 4 is 23.1 Å². The van der Waals surface area contributed by atoms with Gasteiger partial charge in [-0.1, -0.05) is 12.2 Å². The van der Waals surface area contributed by atoms with Gasteiger partial charge in [-0.25, -0.2) is 0 Å². The molecule has 0 atom stereocenters. The second kappa shape index (κ2) is 3.01. The molecule has 0 radical (unpaired) electrons. The summed E-state index contributed by atoms with van der Waals surface area (Å²) in [7, 11) is 0. The molecule has 0 bridgehead atoms. The number of nitrogens with one attached hydrogen (secondary N) is 2. The summed E-state index contributed by atoms with van der Waals surface area (Å²) < 4.78 is 0. The first-order valence-corrected chi connectivity index (χ1v) is 4.78. The minimum atomic E-state index is -0.0978. The maximum Gasteiger partial charge on any atom is 0.278 e. The summed E-state index contributed by atoms with van der Waals surface area (Å²) in [5, 5.41) is 5.85. The number of carbonyl (C=O) groups excluding carboxylic acids is 1. The fourth-order valence-corrected chi connectivity index (χ4v) is 1.18. The van der Waals surface area contributed by atoms with Crippen molar-refractivity contribution in [2.75, 3.05) is 0 Å². The summed E-state index contributed by atoms with van der Waals surface area (Å²) >= 11 is 4.92. The van der Waals surface area contributed by atoms with Gasteiger partial charge in [-0.15, -0.1) is 0 Å². The molecule has 0 saturated heterocycles. The van der Waals surface area contributed by atoms with Crippen LogP contribution in [0.3, 0.4) is 0 Å². The quantitative estimate of drug-likeness (QED) is 0.608. The first kappa shape index (κ1) is 7.98. The van der Waals surface area contributed by atoms with Crippen LogP contribution in [0.4, 0.5) is 0 Å². The van der Waals surface area contributed by atoms with Crippen LogP contribution in [0.15, 0.2) is 0 Å². The summed E-state index contributed by atoms with van der Waals surface area (Å²) in [6.45, 7) is 0. The number of hydrogen-bond donors (Lipinski definition) is 2. The van der Waals surface area contributed by atoms with E-state index in [2.05, 4.69) is 10.6 Å². The average molecular weight is 184 g/mol. The Morgan fingerprint density at radius 3 is 2.08 bits per heavy atom. The Morgan fingerprint density at radius 1 is 1.08 bits per heavy atom. The highest BCUT2D eigenvalue weighted by Crippen LogP contribution is 2.20. The molecular formula is C8H12N2OS. The standard InChI is InChI=1S/C8H12N2OS/c11-7(9-5-1-2-5)8(12)10-6-3-4-6/h5-6H,1-4H2,(H,9,11)(H,10,12). The van der Waals surface area contributed by atoms with Gasteiger partial charge in [0.2, 0.25) is 0 Å². The zero-order valence-corrected chi connectivity index (χ0v) is 7.62. The van der Waals surface area contributed by atoms with Gasteiger partial charge >= 0.3 is 0 Å². The summed E-state index contributed by atoms with van der Waals surface area (Å²) in [6, 6.07) is 0.874. The second-order valence-corrected chi connectivity index (χ2v) is 3.90. The zero-order chi connectivity index (χ0) is 8.55. The summed E-state index contributed by atoms with van der Waals surface area (Å²) in [5.74, 6) is -0.0978. The van der Waals surface area contributed by atoms with Gasteiger partial charge in [0.25, 0.3) is 5.91 Å². The van der Waals surface area contributed by atoms with Gasteiger partial charge < -0.3 is 10.6 Å². The molecule has 2 rings (SSSR count). The van der Waals surface area contributed by atoms with Gasteiger partial charge in [0, 0.05) is 12.1 Å². The second-order valence-electron chi connectivity index (χ2n) is 3.50. The minimum Gasteiger partial charge on any atom is -0.369 e. The molecule has 2 saturated carbocycles. The summed E-state index contributed by atoms with van der Waals surface area (Å²) in [6.07, 6.45) is 4.52. The Kier molecular flexibility index (Phi) is 2.00. The molecule has 0 heterocycles. The molecule has 0 aliphatic heterocycles. The third-order valence-corrected chi connectivity index (χ3v) is 2.33. The van der Waals surface area contributed by atoms with Crippen LogP contribution in [0.25, 0.3) is 0 Å². The van der Waals surface area contributed by atoms with Crippen LogP contribution in [-0.2, 0) is 4.79 Å². The monoisotopic (exact) mass is 184 g/mol. The Labute approximate surface area is 76.9 Å². The molecule has 0 aromatic carbocycles. The van der Waals surface area contributed by atoms with Crippen molar-refractivity contribution in [3.05, 3.63) is 0 Å². The highest BCUT2D eigenvalue weighted by molar-refractivity contribution is 7.82. The molecule has 0 aromatic heterocycles. The van der Waals surface area contributed by atoms with E-state index < -0.39 is 0 Å². The first-order chi connectivity index (χ1) is 5.75. The molecule has 0 spiro atoms. The zero-order valence-electron chi connectivity index (χ0n) is 6.80. The lowest BCUT2D eigenvalue weighted by Gasteiger charge is -2.05. The SMILES string of the molecule is O=C(NC1CC1)C(=S)NC1CC1. The normalized spacial score (nSPS) is 21.7. The molecule has 0 aromatic rings. The van der Waals surface area contributed by atoms with E-state index in [1.54, 1.807) is 0 Å². The van der Waals surface area contributed by atoms with Crippen molar-refractivity contribution in [2.45, 2.75) is 37.8 Å². The number of carbonyl (C=O) groups is 1. The van der Waals surface area contributed by atoms with Crippen molar-refractivity contribution in [2.24, 2.45) is 0 Å².